The van der Waals surface area contributed by atoms with Gasteiger partial charge in [0.2, 0.25) is 0 Å². The van der Waals surface area contributed by atoms with Crippen LogP contribution in [0.25, 0.3) is 0 Å². The van der Waals surface area contributed by atoms with Crippen molar-refractivity contribution >= 4 is 11.6 Å². The molecule has 1 unspecified atom stereocenters. The zero-order valence-electron chi connectivity index (χ0n) is 14.8. The average molecular weight is 351 g/mol. The topological polar surface area (TPSA) is 30.0 Å². The van der Waals surface area contributed by atoms with Crippen molar-refractivity contribution in [2.24, 2.45) is 0 Å². The molecule has 134 valence electrons. The number of rotatable bonds is 4. The van der Waals surface area contributed by atoms with Crippen molar-refractivity contribution < 1.29 is 18.0 Å². The number of hydrogen-bond donors (Lipinski definition) is 0. The predicted molar refractivity (Wildman–Crippen MR) is 91.9 cm³/mol. The van der Waals surface area contributed by atoms with Gasteiger partial charge in [0.15, 0.2) is 0 Å². The smallest absolute Gasteiger partial charge is 0.251 e. The van der Waals surface area contributed by atoms with Gasteiger partial charge < -0.3 is 0 Å². The third-order valence-corrected chi connectivity index (χ3v) is 4.84. The summed E-state index contributed by atoms with van der Waals surface area (Å²) in [5, 5.41) is 0. The Morgan fingerprint density at radius 3 is 2.32 bits per heavy atom. The first-order valence-electron chi connectivity index (χ1n) is 8.11. The van der Waals surface area contributed by atoms with Crippen LogP contribution in [0.15, 0.2) is 42.6 Å². The van der Waals surface area contributed by atoms with E-state index in [4.69, 9.17) is 0 Å². The third kappa shape index (κ3) is 3.58. The van der Waals surface area contributed by atoms with Gasteiger partial charge in [0.25, 0.3) is 0 Å². The lowest BCUT2D eigenvalue weighted by Gasteiger charge is -2.37. The normalized spacial score (nSPS) is 15.5. The monoisotopic (exact) mass is 351 g/mol. The summed E-state index contributed by atoms with van der Waals surface area (Å²) in [4.78, 5) is 16.1. The van der Waals surface area contributed by atoms with Crippen LogP contribution in [0, 0.1) is 0 Å². The lowest BCUT2D eigenvalue weighted by atomic mass is 10.0. The molecule has 0 saturated heterocycles. The maximum Gasteiger partial charge on any atom is 0.433 e. The van der Waals surface area contributed by atoms with Crippen LogP contribution >= 0.6 is 0 Å². The lowest BCUT2D eigenvalue weighted by molar-refractivity contribution is -0.141. The number of aryl methyl sites for hydroxylation is 1. The molecule has 1 aromatic heterocycles. The molecule has 6 heteroatoms. The molecule has 0 aliphatic heterocycles. The van der Waals surface area contributed by atoms with E-state index in [0.29, 0.717) is 17.7 Å². The number of halogens is 3. The van der Waals surface area contributed by atoms with Crippen LogP contribution in [-0.2, 0) is 17.4 Å². The fraction of sp³-hybridized carbons (Fsp3) is 0.368. The second-order valence-electron chi connectivity index (χ2n) is 6.23. The zero-order valence-corrected chi connectivity index (χ0v) is 14.8. The molecule has 25 heavy (non-hydrogen) atoms. The van der Waals surface area contributed by atoms with Gasteiger partial charge in [0.05, 0.1) is 14.0 Å². The Hall–Kier alpha value is -2.21. The van der Waals surface area contributed by atoms with E-state index in [1.807, 2.05) is 44.2 Å². The molecule has 0 radical (unpaired) electrons. The van der Waals surface area contributed by atoms with E-state index < -0.39 is 11.9 Å². The largest absolute Gasteiger partial charge is 0.433 e. The molecule has 0 fully saturated rings. The van der Waals surface area contributed by atoms with E-state index in [0.717, 1.165) is 11.6 Å². The Morgan fingerprint density at radius 1 is 1.24 bits per heavy atom. The zero-order chi connectivity index (χ0) is 18.8. The number of carbonyl (C=O) groups is 1. The lowest BCUT2D eigenvalue weighted by Crippen LogP contribution is -2.51. The van der Waals surface area contributed by atoms with Crippen LogP contribution < -0.4 is 4.48 Å². The van der Waals surface area contributed by atoms with Crippen molar-refractivity contribution in [3.05, 3.63) is 59.4 Å². The summed E-state index contributed by atoms with van der Waals surface area (Å²) in [5.74, 6) is -0.231. The first-order chi connectivity index (χ1) is 11.6. The van der Waals surface area contributed by atoms with Crippen molar-refractivity contribution in [3.63, 3.8) is 0 Å². The summed E-state index contributed by atoms with van der Waals surface area (Å²) in [6.45, 7) is 5.10. The molecule has 0 N–H and O–H groups in total. The Balaban J connectivity index is 2.69. The number of benzene rings is 1. The fourth-order valence-electron chi connectivity index (χ4n) is 3.01. The minimum Gasteiger partial charge on any atom is -0.251 e. The third-order valence-electron chi connectivity index (χ3n) is 4.84. The van der Waals surface area contributed by atoms with Crippen molar-refractivity contribution in [2.75, 3.05) is 7.05 Å². The van der Waals surface area contributed by atoms with Crippen LogP contribution in [0.5, 0.6) is 0 Å². The van der Waals surface area contributed by atoms with Gasteiger partial charge in [-0.2, -0.15) is 13.2 Å². The number of alkyl halides is 3. The predicted octanol–water partition coefficient (Wildman–Crippen LogP) is 4.91. The molecule has 1 amide bonds. The summed E-state index contributed by atoms with van der Waals surface area (Å²) in [5.41, 5.74) is 0.875. The maximum absolute atomic E-state index is 13.2. The summed E-state index contributed by atoms with van der Waals surface area (Å²) < 4.78 is 39.2. The van der Waals surface area contributed by atoms with E-state index >= 15 is 0 Å². The number of amides is 1. The number of pyridine rings is 1. The molecule has 1 aromatic carbocycles. The van der Waals surface area contributed by atoms with Gasteiger partial charge in [0.1, 0.15) is 17.4 Å². The van der Waals surface area contributed by atoms with Crippen LogP contribution in [-0.4, -0.2) is 17.9 Å². The number of carbonyl (C=O) groups excluding carboxylic acids is 1. The SMILES string of the molecule is CCc1cnc(C(F)(F)F)cc1[N+](C)(C(C)=O)[C@@H](C)c1ccccc1. The number of quaternary nitrogens is 1. The molecular formula is C19H22F3N2O+. The minimum absolute atomic E-state index is 0.231. The van der Waals surface area contributed by atoms with Gasteiger partial charge in [-0.1, -0.05) is 37.3 Å². The van der Waals surface area contributed by atoms with E-state index in [-0.39, 0.29) is 16.4 Å². The molecule has 3 nitrogen and oxygen atoms in total. The molecule has 2 atom stereocenters. The fourth-order valence-corrected chi connectivity index (χ4v) is 3.01. The summed E-state index contributed by atoms with van der Waals surface area (Å²) in [6.07, 6.45) is -2.84. The van der Waals surface area contributed by atoms with Gasteiger partial charge in [-0.15, -0.1) is 0 Å². The highest BCUT2D eigenvalue weighted by atomic mass is 19.4. The second kappa shape index (κ2) is 6.96. The minimum atomic E-state index is -4.56. The summed E-state index contributed by atoms with van der Waals surface area (Å²) >= 11 is 0. The van der Waals surface area contributed by atoms with Gasteiger partial charge in [-0.25, -0.2) is 9.28 Å². The molecule has 2 aromatic rings. The molecule has 0 aliphatic rings. The standard InChI is InChI=1S/C19H22F3N2O/c1-5-15-12-23-18(19(20,21)22)11-17(15)24(4,14(3)25)13(2)16-9-7-6-8-10-16/h6-13H,5H2,1-4H3/q+1/t13-,24?/m0/s1. The van der Waals surface area contributed by atoms with E-state index in [2.05, 4.69) is 4.98 Å². The highest BCUT2D eigenvalue weighted by Crippen LogP contribution is 2.39. The molecule has 0 bridgehead atoms. The molecule has 0 aliphatic carbocycles. The highest BCUT2D eigenvalue weighted by Gasteiger charge is 2.42. The Morgan fingerprint density at radius 2 is 1.84 bits per heavy atom. The molecule has 2 rings (SSSR count). The van der Waals surface area contributed by atoms with Gasteiger partial charge in [-0.05, 0) is 13.3 Å². The number of hydrogen-bond acceptors (Lipinski definition) is 2. The average Bonchev–Trinajstić information content (AvgIpc) is 2.59. The molecule has 0 spiro atoms. The van der Waals surface area contributed by atoms with Crippen LogP contribution in [0.4, 0.5) is 18.9 Å². The van der Waals surface area contributed by atoms with Gasteiger partial charge in [0, 0.05) is 23.4 Å². The van der Waals surface area contributed by atoms with E-state index in [9.17, 15) is 18.0 Å². The molecule has 1 heterocycles. The first-order valence-corrected chi connectivity index (χ1v) is 8.11. The quantitative estimate of drug-likeness (QED) is 0.733. The highest BCUT2D eigenvalue weighted by molar-refractivity contribution is 5.87. The van der Waals surface area contributed by atoms with Crippen molar-refractivity contribution in [3.8, 4) is 0 Å². The molecule has 0 saturated carbocycles. The number of nitrogens with zero attached hydrogens (tertiary/aromatic N) is 2. The Labute approximate surface area is 145 Å². The molecular weight excluding hydrogens is 329 g/mol. The van der Waals surface area contributed by atoms with Gasteiger partial charge >= 0.3 is 12.1 Å². The van der Waals surface area contributed by atoms with Crippen molar-refractivity contribution in [1.82, 2.24) is 9.47 Å². The first kappa shape index (κ1) is 19.1. The number of aromatic nitrogens is 1. The van der Waals surface area contributed by atoms with Crippen molar-refractivity contribution in [2.45, 2.75) is 39.4 Å². The Kier molecular flexibility index (Phi) is 5.32. The summed E-state index contributed by atoms with van der Waals surface area (Å²) in [7, 11) is 1.66. The van der Waals surface area contributed by atoms with Crippen LogP contribution in [0.1, 0.15) is 43.6 Å². The van der Waals surface area contributed by atoms with E-state index in [1.165, 1.54) is 13.1 Å². The van der Waals surface area contributed by atoms with Crippen LogP contribution in [0.3, 0.4) is 0 Å². The second-order valence-corrected chi connectivity index (χ2v) is 6.23. The summed E-state index contributed by atoms with van der Waals surface area (Å²) in [6, 6.07) is 9.99. The van der Waals surface area contributed by atoms with E-state index in [1.54, 1.807) is 7.05 Å². The maximum atomic E-state index is 13.2. The van der Waals surface area contributed by atoms with Crippen LogP contribution in [0.2, 0.25) is 0 Å². The Bertz CT molecular complexity index is 759. The van der Waals surface area contributed by atoms with Gasteiger partial charge in [-0.3, -0.25) is 4.98 Å². The van der Waals surface area contributed by atoms with Crippen molar-refractivity contribution in [1.29, 1.82) is 0 Å².